The van der Waals surface area contributed by atoms with E-state index in [0.29, 0.717) is 12.1 Å². The minimum atomic E-state index is -0.468. The van der Waals surface area contributed by atoms with Crippen LogP contribution in [0.5, 0.6) is 0 Å². The van der Waals surface area contributed by atoms with Crippen molar-refractivity contribution in [3.8, 4) is 0 Å². The Labute approximate surface area is 115 Å². The predicted molar refractivity (Wildman–Crippen MR) is 74.9 cm³/mol. The second-order valence-corrected chi connectivity index (χ2v) is 6.15. The van der Waals surface area contributed by atoms with Crippen LogP contribution in [0.1, 0.15) is 24.8 Å². The van der Waals surface area contributed by atoms with E-state index in [-0.39, 0.29) is 10.4 Å². The number of thioether (sulfide) groups is 1. The number of rotatable bonds is 6. The van der Waals surface area contributed by atoms with E-state index in [1.165, 1.54) is 31.4 Å². The van der Waals surface area contributed by atoms with Crippen LogP contribution in [-0.4, -0.2) is 22.5 Å². The molecule has 0 spiro atoms. The van der Waals surface area contributed by atoms with Gasteiger partial charge in [0, 0.05) is 29.5 Å². The zero-order valence-electron chi connectivity index (χ0n) is 10.8. The Morgan fingerprint density at radius 2 is 2.26 bits per heavy atom. The lowest BCUT2D eigenvalue weighted by Crippen LogP contribution is -2.43. The maximum Gasteiger partial charge on any atom is 0.274 e. The molecule has 19 heavy (non-hydrogen) atoms. The van der Waals surface area contributed by atoms with Crippen molar-refractivity contribution in [2.75, 3.05) is 12.8 Å². The molecule has 6 heteroatoms. The third-order valence-electron chi connectivity index (χ3n) is 3.70. The number of benzene rings is 1. The second kappa shape index (κ2) is 5.88. The van der Waals surface area contributed by atoms with Gasteiger partial charge in [0.05, 0.1) is 4.92 Å². The largest absolute Gasteiger partial charge is 0.311 e. The quantitative estimate of drug-likeness (QED) is 0.644. The molecule has 1 saturated carbocycles. The molecule has 0 aliphatic heterocycles. The normalized spacial score (nSPS) is 16.9. The topological polar surface area (TPSA) is 55.2 Å². The van der Waals surface area contributed by atoms with Crippen LogP contribution in [0.15, 0.2) is 18.2 Å². The molecule has 1 fully saturated rings. The van der Waals surface area contributed by atoms with Crippen LogP contribution in [0, 0.1) is 15.9 Å². The molecule has 0 bridgehead atoms. The first-order chi connectivity index (χ1) is 9.06. The van der Waals surface area contributed by atoms with Crippen LogP contribution >= 0.6 is 11.8 Å². The number of nitrogens with zero attached hydrogens (tertiary/aromatic N) is 1. The molecule has 0 saturated heterocycles. The summed E-state index contributed by atoms with van der Waals surface area (Å²) in [4.78, 5) is 10.4. The van der Waals surface area contributed by atoms with Crippen LogP contribution in [0.3, 0.4) is 0 Å². The van der Waals surface area contributed by atoms with Crippen molar-refractivity contribution in [2.45, 2.75) is 30.6 Å². The summed E-state index contributed by atoms with van der Waals surface area (Å²) in [5, 5.41) is 14.1. The summed E-state index contributed by atoms with van der Waals surface area (Å²) in [7, 11) is 0. The average Bonchev–Trinajstić information content (AvgIpc) is 2.32. The third-order valence-corrected chi connectivity index (χ3v) is 5.12. The summed E-state index contributed by atoms with van der Waals surface area (Å²) >= 11 is 1.84. The molecule has 104 valence electrons. The summed E-state index contributed by atoms with van der Waals surface area (Å²) in [6.07, 6.45) is 5.67. The lowest BCUT2D eigenvalue weighted by molar-refractivity contribution is -0.385. The van der Waals surface area contributed by atoms with Crippen molar-refractivity contribution in [3.05, 3.63) is 39.7 Å². The molecular weight excluding hydrogens is 267 g/mol. The molecule has 1 aliphatic carbocycles. The first-order valence-corrected chi connectivity index (χ1v) is 7.47. The van der Waals surface area contributed by atoms with Crippen LogP contribution in [0.4, 0.5) is 10.1 Å². The van der Waals surface area contributed by atoms with Gasteiger partial charge in [-0.25, -0.2) is 4.39 Å². The number of halogens is 1. The Morgan fingerprint density at radius 1 is 1.53 bits per heavy atom. The summed E-state index contributed by atoms with van der Waals surface area (Å²) in [5.74, 6) is -0.439. The van der Waals surface area contributed by atoms with Gasteiger partial charge in [-0.05, 0) is 31.2 Å². The maximum atomic E-state index is 13.2. The van der Waals surface area contributed by atoms with E-state index in [0.717, 1.165) is 12.6 Å². The van der Waals surface area contributed by atoms with Gasteiger partial charge in [0.2, 0.25) is 0 Å². The summed E-state index contributed by atoms with van der Waals surface area (Å²) in [6.45, 7) is 1.14. The van der Waals surface area contributed by atoms with Crippen LogP contribution in [-0.2, 0) is 6.54 Å². The van der Waals surface area contributed by atoms with E-state index in [4.69, 9.17) is 0 Å². The van der Waals surface area contributed by atoms with E-state index in [9.17, 15) is 14.5 Å². The van der Waals surface area contributed by atoms with Crippen molar-refractivity contribution < 1.29 is 9.31 Å². The lowest BCUT2D eigenvalue weighted by atomic mass is 9.84. The van der Waals surface area contributed by atoms with Gasteiger partial charge in [0.15, 0.2) is 0 Å². The van der Waals surface area contributed by atoms with E-state index in [1.54, 1.807) is 0 Å². The van der Waals surface area contributed by atoms with Crippen molar-refractivity contribution in [1.82, 2.24) is 5.32 Å². The highest BCUT2D eigenvalue weighted by atomic mass is 32.2. The first-order valence-electron chi connectivity index (χ1n) is 6.25. The van der Waals surface area contributed by atoms with E-state index < -0.39 is 10.7 Å². The molecular formula is C13H17FN2O2S. The monoisotopic (exact) mass is 284 g/mol. The Bertz CT molecular complexity index is 472. The molecule has 1 N–H and O–H groups in total. The maximum absolute atomic E-state index is 13.2. The van der Waals surface area contributed by atoms with E-state index >= 15 is 0 Å². The zero-order chi connectivity index (χ0) is 13.9. The lowest BCUT2D eigenvalue weighted by Gasteiger charge is -2.40. The van der Waals surface area contributed by atoms with Gasteiger partial charge in [-0.15, -0.1) is 0 Å². The van der Waals surface area contributed by atoms with E-state index in [2.05, 4.69) is 11.6 Å². The molecule has 0 amide bonds. The third kappa shape index (κ3) is 3.25. The van der Waals surface area contributed by atoms with Gasteiger partial charge in [0.1, 0.15) is 5.82 Å². The highest BCUT2D eigenvalue weighted by Gasteiger charge is 2.35. The fraction of sp³-hybridized carbons (Fsp3) is 0.538. The molecule has 0 aromatic heterocycles. The SMILES string of the molecule is CSC1(CNCc2cc(F)ccc2[N+](=O)[O-])CCC1. The predicted octanol–water partition coefficient (Wildman–Crippen LogP) is 3.11. The number of nitrogens with one attached hydrogen (secondary N) is 1. The van der Waals surface area contributed by atoms with Crippen molar-refractivity contribution in [1.29, 1.82) is 0 Å². The highest BCUT2D eigenvalue weighted by molar-refractivity contribution is 8.00. The van der Waals surface area contributed by atoms with Gasteiger partial charge < -0.3 is 5.32 Å². The Morgan fingerprint density at radius 3 is 2.79 bits per heavy atom. The smallest absolute Gasteiger partial charge is 0.274 e. The molecule has 0 radical (unpaired) electrons. The molecule has 1 aromatic carbocycles. The molecule has 1 aliphatic rings. The summed E-state index contributed by atoms with van der Waals surface area (Å²) < 4.78 is 13.4. The fourth-order valence-corrected chi connectivity index (χ4v) is 3.27. The van der Waals surface area contributed by atoms with E-state index in [1.807, 2.05) is 11.8 Å². The summed E-state index contributed by atoms with van der Waals surface area (Å²) in [5.41, 5.74) is 0.376. The van der Waals surface area contributed by atoms with Gasteiger partial charge in [0.25, 0.3) is 5.69 Å². The molecule has 4 nitrogen and oxygen atoms in total. The zero-order valence-corrected chi connectivity index (χ0v) is 11.6. The number of hydrogen-bond acceptors (Lipinski definition) is 4. The Kier molecular flexibility index (Phi) is 4.42. The van der Waals surface area contributed by atoms with Gasteiger partial charge in [-0.2, -0.15) is 11.8 Å². The van der Waals surface area contributed by atoms with Crippen LogP contribution in [0.25, 0.3) is 0 Å². The van der Waals surface area contributed by atoms with Gasteiger partial charge in [-0.3, -0.25) is 10.1 Å². The average molecular weight is 284 g/mol. The Hall–Kier alpha value is -1.14. The fourth-order valence-electron chi connectivity index (χ4n) is 2.32. The van der Waals surface area contributed by atoms with Crippen LogP contribution < -0.4 is 5.32 Å². The van der Waals surface area contributed by atoms with Gasteiger partial charge >= 0.3 is 0 Å². The first kappa shape index (κ1) is 14.3. The van der Waals surface area contributed by atoms with Crippen molar-refractivity contribution in [3.63, 3.8) is 0 Å². The Balaban J connectivity index is 1.99. The number of nitro groups is 1. The summed E-state index contributed by atoms with van der Waals surface area (Å²) in [6, 6.07) is 3.58. The molecule has 1 aromatic rings. The molecule has 2 rings (SSSR count). The minimum absolute atomic E-state index is 0.0271. The van der Waals surface area contributed by atoms with Crippen LogP contribution in [0.2, 0.25) is 0 Å². The second-order valence-electron chi connectivity index (χ2n) is 4.87. The molecule has 0 heterocycles. The van der Waals surface area contributed by atoms with Crippen molar-refractivity contribution in [2.24, 2.45) is 0 Å². The molecule has 0 atom stereocenters. The number of hydrogen-bond donors (Lipinski definition) is 1. The molecule has 0 unspecified atom stereocenters. The standard InChI is InChI=1S/C13H17FN2O2S/c1-19-13(5-2-6-13)9-15-8-10-7-11(14)3-4-12(10)16(17)18/h3-4,7,15H,2,5-6,8-9H2,1H3. The highest BCUT2D eigenvalue weighted by Crippen LogP contribution is 2.42. The number of nitro benzene ring substituents is 1. The van der Waals surface area contributed by atoms with Crippen molar-refractivity contribution >= 4 is 17.4 Å². The van der Waals surface area contributed by atoms with Gasteiger partial charge in [-0.1, -0.05) is 6.42 Å². The minimum Gasteiger partial charge on any atom is -0.311 e.